The molecular formula is C23H15NO2. The van der Waals surface area contributed by atoms with Crippen molar-refractivity contribution in [3.05, 3.63) is 90.2 Å². The van der Waals surface area contributed by atoms with Gasteiger partial charge in [0.2, 0.25) is 5.78 Å². The minimum atomic E-state index is -0.0748. The van der Waals surface area contributed by atoms with Crippen LogP contribution >= 0.6 is 0 Å². The molecule has 0 atom stereocenters. The zero-order valence-electron chi connectivity index (χ0n) is 14.0. The number of hydrogen-bond acceptors (Lipinski definition) is 2. The van der Waals surface area contributed by atoms with Gasteiger partial charge >= 0.3 is 0 Å². The molecule has 0 radical (unpaired) electrons. The second-order valence-electron chi connectivity index (χ2n) is 6.28. The van der Waals surface area contributed by atoms with Crippen LogP contribution < -0.4 is 4.74 Å². The smallest absolute Gasteiger partial charge is 0.231 e. The summed E-state index contributed by atoms with van der Waals surface area (Å²) >= 11 is 0. The minimum absolute atomic E-state index is 0.0748. The fourth-order valence-corrected chi connectivity index (χ4v) is 3.59. The maximum atomic E-state index is 12.5. The average molecular weight is 337 g/mol. The largest absolute Gasteiger partial charge is 0.452 e. The number of carbonyl (C=O) groups excluding carboxylic acids is 1. The molecule has 0 aliphatic carbocycles. The Bertz CT molecular complexity index is 1240. The van der Waals surface area contributed by atoms with Gasteiger partial charge in [-0.2, -0.15) is 0 Å². The monoisotopic (exact) mass is 337 g/mol. The molecule has 3 aromatic carbocycles. The van der Waals surface area contributed by atoms with Crippen molar-refractivity contribution in [2.45, 2.75) is 0 Å². The molecule has 0 unspecified atom stereocenters. The Morgan fingerprint density at radius 2 is 1.65 bits per heavy atom. The fourth-order valence-electron chi connectivity index (χ4n) is 3.59. The van der Waals surface area contributed by atoms with Crippen molar-refractivity contribution in [3.63, 3.8) is 0 Å². The molecule has 1 aliphatic rings. The van der Waals surface area contributed by atoms with Crippen LogP contribution in [0.5, 0.6) is 5.75 Å². The summed E-state index contributed by atoms with van der Waals surface area (Å²) in [5, 5.41) is 2.28. The third kappa shape index (κ3) is 2.04. The summed E-state index contributed by atoms with van der Waals surface area (Å²) in [7, 11) is 0. The Morgan fingerprint density at radius 1 is 0.885 bits per heavy atom. The third-order valence-corrected chi connectivity index (χ3v) is 4.79. The molecule has 3 nitrogen and oxygen atoms in total. The lowest BCUT2D eigenvalue weighted by molar-refractivity contribution is 0.101. The first kappa shape index (κ1) is 14.7. The highest BCUT2D eigenvalue weighted by molar-refractivity contribution is 6.15. The highest BCUT2D eigenvalue weighted by Crippen LogP contribution is 2.33. The lowest BCUT2D eigenvalue weighted by Gasteiger charge is -2.01. The number of rotatable bonds is 2. The van der Waals surface area contributed by atoms with Crippen LogP contribution in [0.1, 0.15) is 15.9 Å². The molecular weight excluding hydrogens is 322 g/mol. The number of ether oxygens (including phenoxy) is 1. The number of nitrogens with zero attached hydrogens (tertiary/aromatic N) is 1. The van der Waals surface area contributed by atoms with Crippen LogP contribution in [0.2, 0.25) is 0 Å². The molecule has 1 aromatic heterocycles. The molecule has 0 spiro atoms. The normalized spacial score (nSPS) is 14.8. The standard InChI is InChI=1S/C23H15NO2/c1-2-24-19-9-5-3-7-16(19)18-13-15(11-12-20(18)24)14-22-23(25)17-8-4-6-10-21(17)26-22/h2-14H,1H2/b22-14+. The second kappa shape index (κ2) is 5.46. The molecule has 2 heterocycles. The molecule has 5 rings (SSSR count). The van der Waals surface area contributed by atoms with Crippen molar-refractivity contribution in [2.75, 3.05) is 0 Å². The lowest BCUT2D eigenvalue weighted by Crippen LogP contribution is -1.97. The van der Waals surface area contributed by atoms with Crippen molar-refractivity contribution in [2.24, 2.45) is 0 Å². The quantitative estimate of drug-likeness (QED) is 0.452. The number of hydrogen-bond donors (Lipinski definition) is 0. The molecule has 3 heteroatoms. The van der Waals surface area contributed by atoms with Gasteiger partial charge in [-0.05, 0) is 42.0 Å². The second-order valence-corrected chi connectivity index (χ2v) is 6.28. The Balaban J connectivity index is 1.67. The van der Waals surface area contributed by atoms with E-state index in [2.05, 4.69) is 35.4 Å². The van der Waals surface area contributed by atoms with Crippen LogP contribution in [-0.4, -0.2) is 10.4 Å². The Labute approximate surface area is 150 Å². The number of allylic oxidation sites excluding steroid dienone is 1. The predicted octanol–water partition coefficient (Wildman–Crippen LogP) is 5.51. The molecule has 4 aromatic rings. The zero-order chi connectivity index (χ0) is 17.7. The van der Waals surface area contributed by atoms with Gasteiger partial charge in [0.25, 0.3) is 0 Å². The Kier molecular flexibility index (Phi) is 3.09. The van der Waals surface area contributed by atoms with E-state index in [1.54, 1.807) is 6.07 Å². The molecule has 0 N–H and O–H groups in total. The third-order valence-electron chi connectivity index (χ3n) is 4.79. The van der Waals surface area contributed by atoms with E-state index in [0.29, 0.717) is 17.1 Å². The van der Waals surface area contributed by atoms with Crippen molar-refractivity contribution in [3.8, 4) is 5.75 Å². The van der Waals surface area contributed by atoms with E-state index in [1.165, 1.54) is 0 Å². The highest BCUT2D eigenvalue weighted by Gasteiger charge is 2.26. The van der Waals surface area contributed by atoms with Gasteiger partial charge in [0, 0.05) is 17.0 Å². The fraction of sp³-hybridized carbons (Fsp3) is 0. The SMILES string of the molecule is C=Cn1c2ccccc2c2cc(/C=C3/Oc4ccccc4C3=O)ccc21. The van der Waals surface area contributed by atoms with E-state index in [-0.39, 0.29) is 5.78 Å². The predicted molar refractivity (Wildman–Crippen MR) is 105 cm³/mol. The highest BCUT2D eigenvalue weighted by atomic mass is 16.5. The van der Waals surface area contributed by atoms with Gasteiger partial charge < -0.3 is 9.30 Å². The zero-order valence-corrected chi connectivity index (χ0v) is 14.0. The van der Waals surface area contributed by atoms with Gasteiger partial charge in [-0.15, -0.1) is 0 Å². The van der Waals surface area contributed by atoms with Crippen LogP contribution in [0.15, 0.2) is 79.1 Å². The molecule has 0 saturated heterocycles. The topological polar surface area (TPSA) is 31.2 Å². The summed E-state index contributed by atoms with van der Waals surface area (Å²) in [4.78, 5) is 12.5. The molecule has 26 heavy (non-hydrogen) atoms. The Hall–Kier alpha value is -3.59. The van der Waals surface area contributed by atoms with Crippen LogP contribution in [0.4, 0.5) is 0 Å². The Morgan fingerprint density at radius 3 is 2.50 bits per heavy atom. The van der Waals surface area contributed by atoms with E-state index < -0.39 is 0 Å². The lowest BCUT2D eigenvalue weighted by atomic mass is 10.1. The van der Waals surface area contributed by atoms with Crippen LogP contribution in [0, 0.1) is 0 Å². The van der Waals surface area contributed by atoms with Gasteiger partial charge in [-0.25, -0.2) is 0 Å². The summed E-state index contributed by atoms with van der Waals surface area (Å²) in [5.41, 5.74) is 3.75. The van der Waals surface area contributed by atoms with Crippen molar-refractivity contribution >= 4 is 39.9 Å². The van der Waals surface area contributed by atoms with E-state index in [1.807, 2.05) is 48.7 Å². The summed E-state index contributed by atoms with van der Waals surface area (Å²) in [5.74, 6) is 0.903. The van der Waals surface area contributed by atoms with Gasteiger partial charge in [0.05, 0.1) is 16.6 Å². The van der Waals surface area contributed by atoms with Crippen LogP contribution in [0.25, 0.3) is 34.1 Å². The molecule has 0 saturated carbocycles. The maximum absolute atomic E-state index is 12.5. The summed E-state index contributed by atoms with van der Waals surface area (Å²) < 4.78 is 7.82. The molecule has 124 valence electrons. The van der Waals surface area contributed by atoms with Gasteiger partial charge in [-0.3, -0.25) is 4.79 Å². The van der Waals surface area contributed by atoms with Gasteiger partial charge in [-0.1, -0.05) is 43.0 Å². The summed E-state index contributed by atoms with van der Waals surface area (Å²) in [6, 6.07) is 21.7. The van der Waals surface area contributed by atoms with Crippen molar-refractivity contribution in [1.82, 2.24) is 4.57 Å². The number of aromatic nitrogens is 1. The van der Waals surface area contributed by atoms with E-state index >= 15 is 0 Å². The first-order chi connectivity index (χ1) is 12.8. The number of benzene rings is 3. The number of para-hydroxylation sites is 2. The summed E-state index contributed by atoms with van der Waals surface area (Å²) in [6.07, 6.45) is 3.63. The number of ketones is 1. The number of carbonyl (C=O) groups is 1. The number of Topliss-reactive ketones (excluding diaryl/α,β-unsaturated/α-hetero) is 1. The van der Waals surface area contributed by atoms with Crippen molar-refractivity contribution in [1.29, 1.82) is 0 Å². The van der Waals surface area contributed by atoms with E-state index in [9.17, 15) is 4.79 Å². The minimum Gasteiger partial charge on any atom is -0.452 e. The number of fused-ring (bicyclic) bond motifs is 4. The first-order valence-corrected chi connectivity index (χ1v) is 8.45. The van der Waals surface area contributed by atoms with Crippen molar-refractivity contribution < 1.29 is 9.53 Å². The molecule has 0 bridgehead atoms. The molecule has 0 fully saturated rings. The maximum Gasteiger partial charge on any atom is 0.231 e. The van der Waals surface area contributed by atoms with Crippen LogP contribution in [-0.2, 0) is 0 Å². The van der Waals surface area contributed by atoms with Crippen LogP contribution in [0.3, 0.4) is 0 Å². The summed E-state index contributed by atoms with van der Waals surface area (Å²) in [6.45, 7) is 3.93. The van der Waals surface area contributed by atoms with Gasteiger partial charge in [0.15, 0.2) is 5.76 Å². The molecule has 0 amide bonds. The van der Waals surface area contributed by atoms with Gasteiger partial charge in [0.1, 0.15) is 5.75 Å². The van der Waals surface area contributed by atoms with E-state index in [4.69, 9.17) is 4.74 Å². The molecule has 1 aliphatic heterocycles. The first-order valence-electron chi connectivity index (χ1n) is 8.45. The van der Waals surface area contributed by atoms with E-state index in [0.717, 1.165) is 27.4 Å². The average Bonchev–Trinajstić information content (AvgIpc) is 3.17.